The van der Waals surface area contributed by atoms with Crippen molar-refractivity contribution < 1.29 is 35.9 Å². The number of alkyl halides is 3. The largest absolute Gasteiger partial charge is 0.483 e. The van der Waals surface area contributed by atoms with Crippen molar-refractivity contribution in [3.8, 4) is 0 Å². The lowest BCUT2D eigenvalue weighted by Gasteiger charge is -2.41. The van der Waals surface area contributed by atoms with Crippen LogP contribution in [-0.4, -0.2) is 62.2 Å². The van der Waals surface area contributed by atoms with E-state index in [1.165, 1.54) is 6.20 Å². The summed E-state index contributed by atoms with van der Waals surface area (Å²) in [7, 11) is -0.629. The van der Waals surface area contributed by atoms with E-state index in [0.29, 0.717) is 5.01 Å². The summed E-state index contributed by atoms with van der Waals surface area (Å²) in [6, 6.07) is 1.17. The molecule has 7 nitrogen and oxygen atoms in total. The summed E-state index contributed by atoms with van der Waals surface area (Å²) < 4.78 is 79.4. The number of aromatic nitrogens is 1. The Balaban J connectivity index is 0.00000129. The number of hydrogen-bond acceptors (Lipinski definition) is 7. The van der Waals surface area contributed by atoms with Crippen molar-refractivity contribution >= 4 is 44.9 Å². The highest BCUT2D eigenvalue weighted by Gasteiger charge is 2.45. The molecule has 2 N–H and O–H groups in total. The van der Waals surface area contributed by atoms with Gasteiger partial charge in [0.15, 0.2) is 9.84 Å². The van der Waals surface area contributed by atoms with Crippen LogP contribution in [0.3, 0.4) is 0 Å². The van der Waals surface area contributed by atoms with E-state index >= 15 is 0 Å². The van der Waals surface area contributed by atoms with E-state index in [0.717, 1.165) is 23.5 Å². The maximum Gasteiger partial charge on any atom is 0.391 e. The highest BCUT2D eigenvalue weighted by atomic mass is 35.5. The molecule has 0 spiro atoms. The number of likely N-dealkylation sites (N-methyl/N-ethyl adjacent to an activating group) is 1. The average Bonchev–Trinajstić information content (AvgIpc) is 3.22. The number of nitrogens with zero attached hydrogens (tertiary/aromatic N) is 2. The van der Waals surface area contributed by atoms with Crippen LogP contribution in [0, 0.1) is 11.7 Å². The van der Waals surface area contributed by atoms with E-state index < -0.39 is 50.5 Å². The Kier molecular flexibility index (Phi) is 9.69. The monoisotopic (exact) mass is 545 g/mol. The summed E-state index contributed by atoms with van der Waals surface area (Å²) in [6.45, 7) is -0.250. The van der Waals surface area contributed by atoms with Crippen LogP contribution in [0.5, 0.6) is 0 Å². The van der Waals surface area contributed by atoms with Crippen molar-refractivity contribution in [1.82, 2.24) is 9.88 Å². The lowest BCUT2D eigenvalue weighted by molar-refractivity contribution is -0.186. The number of benzene rings is 1. The van der Waals surface area contributed by atoms with Crippen molar-refractivity contribution in [2.45, 2.75) is 48.2 Å². The summed E-state index contributed by atoms with van der Waals surface area (Å²) in [6.07, 6.45) is -2.73. The fourth-order valence-electron chi connectivity index (χ4n) is 3.82. The Morgan fingerprint density at radius 2 is 1.97 bits per heavy atom. The summed E-state index contributed by atoms with van der Waals surface area (Å²) in [5.74, 6) is -2.83. The second-order valence-electron chi connectivity index (χ2n) is 7.89. The Morgan fingerprint density at radius 3 is 2.50 bits per heavy atom. The quantitative estimate of drug-likeness (QED) is 0.401. The number of carbonyl (C=O) groups is 1. The van der Waals surface area contributed by atoms with Crippen LogP contribution in [0.4, 0.5) is 23.2 Å². The van der Waals surface area contributed by atoms with E-state index in [1.807, 2.05) is 0 Å². The molecule has 0 radical (unpaired) electrons. The lowest BCUT2D eigenvalue weighted by Crippen LogP contribution is -2.49. The normalized spacial score (nSPS) is 21.0. The van der Waals surface area contributed by atoms with Crippen LogP contribution >= 0.6 is 22.9 Å². The van der Waals surface area contributed by atoms with Crippen molar-refractivity contribution in [3.63, 3.8) is 0 Å². The molecule has 0 bridgehead atoms. The predicted molar refractivity (Wildman–Crippen MR) is 121 cm³/mol. The van der Waals surface area contributed by atoms with Gasteiger partial charge in [0.05, 0.1) is 16.6 Å². The van der Waals surface area contributed by atoms with Crippen molar-refractivity contribution in [2.75, 3.05) is 19.4 Å². The number of hydrogen-bond donors (Lipinski definition) is 2. The molecule has 3 rings (SSSR count). The molecule has 2 aromatic rings. The number of nitrogens with one attached hydrogen (secondary N) is 1. The first-order valence-corrected chi connectivity index (χ1v) is 12.9. The number of thiazole rings is 1. The number of halogens is 5. The Labute approximate surface area is 203 Å². The van der Waals surface area contributed by atoms with Crippen LogP contribution in [0.2, 0.25) is 5.02 Å². The molecule has 190 valence electrons. The zero-order chi connectivity index (χ0) is 25.7. The van der Waals surface area contributed by atoms with Crippen molar-refractivity contribution in [1.29, 1.82) is 0 Å². The molecule has 1 saturated carbocycles. The van der Waals surface area contributed by atoms with Crippen LogP contribution in [0.25, 0.3) is 0 Å². The molecule has 14 heteroatoms. The zero-order valence-electron chi connectivity index (χ0n) is 18.2. The van der Waals surface area contributed by atoms with Gasteiger partial charge in [-0.2, -0.15) is 13.2 Å². The highest BCUT2D eigenvalue weighted by Crippen LogP contribution is 2.40. The minimum Gasteiger partial charge on any atom is -0.483 e. The summed E-state index contributed by atoms with van der Waals surface area (Å²) in [4.78, 5) is 13.4. The molecule has 0 unspecified atom stereocenters. The van der Waals surface area contributed by atoms with Gasteiger partial charge in [0, 0.05) is 23.7 Å². The van der Waals surface area contributed by atoms with Gasteiger partial charge in [-0.15, -0.1) is 11.3 Å². The fourth-order valence-corrected chi connectivity index (χ4v) is 6.45. The summed E-state index contributed by atoms with van der Waals surface area (Å²) >= 11 is 7.38. The van der Waals surface area contributed by atoms with E-state index in [1.54, 1.807) is 24.4 Å². The van der Waals surface area contributed by atoms with Crippen LogP contribution < -0.4 is 5.32 Å². The van der Waals surface area contributed by atoms with Crippen molar-refractivity contribution in [3.05, 3.63) is 39.6 Å². The molecular formula is C20H24ClF4N3O4S2. The van der Waals surface area contributed by atoms with Gasteiger partial charge in [0.2, 0.25) is 0 Å². The van der Waals surface area contributed by atoms with E-state index in [-0.39, 0.29) is 36.4 Å². The molecule has 1 fully saturated rings. The van der Waals surface area contributed by atoms with E-state index in [9.17, 15) is 26.0 Å². The molecule has 0 saturated heterocycles. The molecule has 1 aliphatic carbocycles. The molecule has 0 aliphatic heterocycles. The summed E-state index contributed by atoms with van der Waals surface area (Å²) in [5, 5.41) is 11.8. The third-order valence-corrected chi connectivity index (χ3v) is 8.35. The lowest BCUT2D eigenvalue weighted by atomic mass is 9.81. The van der Waals surface area contributed by atoms with Gasteiger partial charge in [-0.3, -0.25) is 4.79 Å². The summed E-state index contributed by atoms with van der Waals surface area (Å²) in [5.41, 5.74) is 0.148. The Morgan fingerprint density at radius 1 is 1.32 bits per heavy atom. The number of anilines is 1. The maximum absolute atomic E-state index is 14.7. The third kappa shape index (κ3) is 7.27. The number of carboxylic acid groups (broad SMARTS) is 1. The minimum absolute atomic E-state index is 0.0189. The van der Waals surface area contributed by atoms with Gasteiger partial charge < -0.3 is 15.3 Å². The van der Waals surface area contributed by atoms with Crippen molar-refractivity contribution in [2.24, 2.45) is 5.92 Å². The van der Waals surface area contributed by atoms with Gasteiger partial charge in [-0.25, -0.2) is 17.8 Å². The molecule has 1 aromatic heterocycles. The number of rotatable bonds is 6. The Bertz CT molecular complexity index is 1070. The molecule has 1 aromatic carbocycles. The predicted octanol–water partition coefficient (Wildman–Crippen LogP) is 4.68. The van der Waals surface area contributed by atoms with E-state index in [4.69, 9.17) is 21.5 Å². The van der Waals surface area contributed by atoms with Gasteiger partial charge >= 0.3 is 6.18 Å². The molecule has 3 atom stereocenters. The van der Waals surface area contributed by atoms with Gasteiger partial charge in [-0.1, -0.05) is 11.6 Å². The number of sulfone groups is 1. The average molecular weight is 546 g/mol. The van der Waals surface area contributed by atoms with E-state index in [2.05, 4.69) is 10.3 Å². The molecule has 34 heavy (non-hydrogen) atoms. The minimum atomic E-state index is -4.27. The molecular weight excluding hydrogens is 522 g/mol. The van der Waals surface area contributed by atoms with Crippen LogP contribution in [-0.2, 0) is 20.4 Å². The Hall–Kier alpha value is -1.96. The smallest absolute Gasteiger partial charge is 0.391 e. The second-order valence-corrected chi connectivity index (χ2v) is 11.2. The third-order valence-electron chi connectivity index (χ3n) is 5.44. The first kappa shape index (κ1) is 28.3. The first-order chi connectivity index (χ1) is 15.8. The fraction of sp³-hybridized carbons (Fsp3) is 0.500. The van der Waals surface area contributed by atoms with Gasteiger partial charge in [0.1, 0.15) is 21.5 Å². The highest BCUT2D eigenvalue weighted by molar-refractivity contribution is 7.90. The topological polar surface area (TPSA) is 99.6 Å². The van der Waals surface area contributed by atoms with Gasteiger partial charge in [0.25, 0.3) is 6.47 Å². The van der Waals surface area contributed by atoms with Crippen LogP contribution in [0.1, 0.15) is 24.3 Å². The van der Waals surface area contributed by atoms with Crippen LogP contribution in [0.15, 0.2) is 28.6 Å². The first-order valence-electron chi connectivity index (χ1n) is 9.97. The zero-order valence-corrected chi connectivity index (χ0v) is 20.6. The SMILES string of the molecule is CN(C)[C@H]1C[C@@H](C(F)(F)F)CC[C@@H]1Nc1cc(F)c(S(=O)(=O)Cc2nccs2)cc1Cl.O=CO. The molecule has 0 amide bonds. The van der Waals surface area contributed by atoms with Gasteiger partial charge in [-0.05, 0) is 45.5 Å². The standard InChI is InChI=1S/C19H22ClF4N3O2S2.CH2O2/c1-27(2)16-7-11(19(22,23)24)3-4-14(16)26-15-9-13(21)17(8-12(15)20)31(28,29)10-18-25-5-6-30-18;2-1-3/h5-6,8-9,11,14,16,26H,3-4,7,10H2,1-2H3;1H,(H,2,3)/t11-,14-,16-;/m0./s1. The maximum atomic E-state index is 14.7. The second kappa shape index (κ2) is 11.6. The molecule has 1 aliphatic rings. The molecule has 1 heterocycles.